The quantitative estimate of drug-likeness (QED) is 0.505. The number of fused-ring (bicyclic) bond motifs is 1. The van der Waals surface area contributed by atoms with Gasteiger partial charge in [-0.1, -0.05) is 59.8 Å². The minimum atomic E-state index is 0.516. The predicted molar refractivity (Wildman–Crippen MR) is 100 cm³/mol. The molecule has 0 unspecified atom stereocenters. The van der Waals surface area contributed by atoms with Crippen molar-refractivity contribution < 1.29 is 4.52 Å². The van der Waals surface area contributed by atoms with Crippen LogP contribution in [0.3, 0.4) is 0 Å². The van der Waals surface area contributed by atoms with Crippen LogP contribution in [-0.2, 0) is 0 Å². The fourth-order valence-electron chi connectivity index (χ4n) is 2.91. The van der Waals surface area contributed by atoms with Gasteiger partial charge >= 0.3 is 0 Å². The molecule has 1 N–H and O–H groups in total. The van der Waals surface area contributed by atoms with E-state index in [0.29, 0.717) is 11.7 Å². The molecule has 5 heteroatoms. The second-order valence-corrected chi connectivity index (χ2v) is 5.97. The molecule has 3 aromatic carbocycles. The Bertz CT molecular complexity index is 1140. The highest BCUT2D eigenvalue weighted by molar-refractivity contribution is 5.79. The van der Waals surface area contributed by atoms with Gasteiger partial charge in [0.05, 0.1) is 11.0 Å². The topological polar surface area (TPSA) is 67.6 Å². The van der Waals surface area contributed by atoms with Crippen LogP contribution in [0.1, 0.15) is 0 Å². The third kappa shape index (κ3) is 2.56. The van der Waals surface area contributed by atoms with Gasteiger partial charge in [0, 0.05) is 16.7 Å². The van der Waals surface area contributed by atoms with Crippen LogP contribution < -0.4 is 0 Å². The van der Waals surface area contributed by atoms with Crippen molar-refractivity contribution in [3.05, 3.63) is 78.9 Å². The summed E-state index contributed by atoms with van der Waals surface area (Å²) in [4.78, 5) is 12.4. The molecule has 0 aliphatic carbocycles. The van der Waals surface area contributed by atoms with Crippen molar-refractivity contribution >= 4 is 11.0 Å². The maximum absolute atomic E-state index is 5.38. The van der Waals surface area contributed by atoms with Gasteiger partial charge in [-0.2, -0.15) is 4.98 Å². The number of aromatic nitrogens is 4. The molecule has 0 saturated carbocycles. The minimum absolute atomic E-state index is 0.516. The number of nitrogens with zero attached hydrogens (tertiary/aromatic N) is 3. The number of aromatic amines is 1. The van der Waals surface area contributed by atoms with Crippen molar-refractivity contribution in [3.8, 4) is 34.2 Å². The van der Waals surface area contributed by atoms with Gasteiger partial charge in [0.2, 0.25) is 5.82 Å². The molecule has 2 heterocycles. The van der Waals surface area contributed by atoms with Crippen molar-refractivity contribution in [3.63, 3.8) is 0 Å². The van der Waals surface area contributed by atoms with Gasteiger partial charge in [-0.3, -0.25) is 0 Å². The van der Waals surface area contributed by atoms with Crippen molar-refractivity contribution in [2.24, 2.45) is 0 Å². The number of benzene rings is 3. The summed E-state index contributed by atoms with van der Waals surface area (Å²) in [5.41, 5.74) is 4.80. The Labute approximate surface area is 149 Å². The number of rotatable bonds is 3. The van der Waals surface area contributed by atoms with Crippen molar-refractivity contribution in [1.82, 2.24) is 20.1 Å². The van der Waals surface area contributed by atoms with E-state index >= 15 is 0 Å². The Morgan fingerprint density at radius 3 is 2.19 bits per heavy atom. The van der Waals surface area contributed by atoms with E-state index in [2.05, 4.69) is 20.1 Å². The molecular weight excluding hydrogens is 324 g/mol. The Morgan fingerprint density at radius 1 is 0.654 bits per heavy atom. The minimum Gasteiger partial charge on any atom is -0.338 e. The molecule has 5 rings (SSSR count). The fourth-order valence-corrected chi connectivity index (χ4v) is 2.91. The molecule has 124 valence electrons. The van der Waals surface area contributed by atoms with Crippen molar-refractivity contribution in [1.29, 1.82) is 0 Å². The first-order valence-corrected chi connectivity index (χ1v) is 8.31. The monoisotopic (exact) mass is 338 g/mol. The van der Waals surface area contributed by atoms with Crippen LogP contribution in [0.5, 0.6) is 0 Å². The maximum atomic E-state index is 5.38. The molecular formula is C21H14N4O. The summed E-state index contributed by atoms with van der Waals surface area (Å²) in [5.74, 6) is 1.93. The number of imidazole rings is 1. The van der Waals surface area contributed by atoms with Crippen molar-refractivity contribution in [2.75, 3.05) is 0 Å². The van der Waals surface area contributed by atoms with Crippen LogP contribution in [0.4, 0.5) is 0 Å². The molecule has 0 bridgehead atoms. The molecule has 26 heavy (non-hydrogen) atoms. The van der Waals surface area contributed by atoms with Gasteiger partial charge in [0.15, 0.2) is 0 Å². The van der Waals surface area contributed by atoms with Crippen LogP contribution in [0, 0.1) is 0 Å². The van der Waals surface area contributed by atoms with Gasteiger partial charge in [0.25, 0.3) is 5.89 Å². The summed E-state index contributed by atoms with van der Waals surface area (Å²) in [5, 5.41) is 4.09. The van der Waals surface area contributed by atoms with Gasteiger partial charge in [-0.05, 0) is 24.3 Å². The van der Waals surface area contributed by atoms with Crippen molar-refractivity contribution in [2.45, 2.75) is 0 Å². The Balaban J connectivity index is 1.46. The van der Waals surface area contributed by atoms with Crippen LogP contribution in [0.15, 0.2) is 83.4 Å². The zero-order valence-electron chi connectivity index (χ0n) is 13.8. The zero-order valence-corrected chi connectivity index (χ0v) is 13.8. The summed E-state index contributed by atoms with van der Waals surface area (Å²) in [7, 11) is 0. The Hall–Kier alpha value is -3.73. The highest BCUT2D eigenvalue weighted by Crippen LogP contribution is 2.25. The summed E-state index contributed by atoms with van der Waals surface area (Å²) in [6.07, 6.45) is 0. The molecule has 0 aliphatic rings. The Morgan fingerprint density at radius 2 is 1.38 bits per heavy atom. The van der Waals surface area contributed by atoms with Gasteiger partial charge in [0.1, 0.15) is 5.82 Å². The van der Waals surface area contributed by atoms with Crippen LogP contribution in [-0.4, -0.2) is 20.1 Å². The lowest BCUT2D eigenvalue weighted by atomic mass is 10.1. The lowest BCUT2D eigenvalue weighted by Gasteiger charge is -1.98. The maximum Gasteiger partial charge on any atom is 0.258 e. The fraction of sp³-hybridized carbons (Fsp3) is 0. The predicted octanol–water partition coefficient (Wildman–Crippen LogP) is 4.95. The first-order valence-electron chi connectivity index (χ1n) is 8.31. The van der Waals surface area contributed by atoms with E-state index in [1.165, 1.54) is 0 Å². The largest absolute Gasteiger partial charge is 0.338 e. The molecule has 5 nitrogen and oxygen atoms in total. The molecule has 0 fully saturated rings. The summed E-state index contributed by atoms with van der Waals surface area (Å²) in [6, 6.07) is 25.7. The van der Waals surface area contributed by atoms with Crippen LogP contribution in [0.25, 0.3) is 45.3 Å². The third-order valence-electron chi connectivity index (χ3n) is 4.25. The molecule has 0 saturated heterocycles. The van der Waals surface area contributed by atoms with Crippen LogP contribution in [0.2, 0.25) is 0 Å². The molecule has 0 amide bonds. The third-order valence-corrected chi connectivity index (χ3v) is 4.25. The average Bonchev–Trinajstić information content (AvgIpc) is 3.36. The second kappa shape index (κ2) is 5.97. The molecule has 5 aromatic rings. The number of hydrogen-bond acceptors (Lipinski definition) is 4. The van der Waals surface area contributed by atoms with Crippen LogP contribution >= 0.6 is 0 Å². The smallest absolute Gasteiger partial charge is 0.258 e. The van der Waals surface area contributed by atoms with Gasteiger partial charge in [-0.15, -0.1) is 0 Å². The first kappa shape index (κ1) is 14.6. The average molecular weight is 338 g/mol. The molecule has 0 aliphatic heterocycles. The zero-order chi connectivity index (χ0) is 17.3. The van der Waals surface area contributed by atoms with Gasteiger partial charge in [-0.25, -0.2) is 4.98 Å². The number of H-pyrrole nitrogens is 1. The molecule has 0 atom stereocenters. The van der Waals surface area contributed by atoms with E-state index in [0.717, 1.165) is 33.5 Å². The Kier molecular flexibility index (Phi) is 3.35. The number of nitrogens with one attached hydrogen (secondary N) is 1. The number of para-hydroxylation sites is 2. The lowest BCUT2D eigenvalue weighted by molar-refractivity contribution is 0.432. The number of hydrogen-bond donors (Lipinski definition) is 1. The molecule has 0 radical (unpaired) electrons. The van der Waals surface area contributed by atoms with E-state index in [4.69, 9.17) is 4.52 Å². The highest BCUT2D eigenvalue weighted by Gasteiger charge is 2.11. The highest BCUT2D eigenvalue weighted by atomic mass is 16.5. The van der Waals surface area contributed by atoms with Gasteiger partial charge < -0.3 is 9.51 Å². The first-order chi connectivity index (χ1) is 12.9. The molecule has 2 aromatic heterocycles. The SMILES string of the molecule is c1ccc(-c2nc(-c3ccc(-c4nc5ccccc5[nH]4)cc3)no2)cc1. The lowest BCUT2D eigenvalue weighted by Crippen LogP contribution is -1.84. The second-order valence-electron chi connectivity index (χ2n) is 5.97. The van der Waals surface area contributed by atoms with E-state index in [1.54, 1.807) is 0 Å². The summed E-state index contributed by atoms with van der Waals surface area (Å²) in [6.45, 7) is 0. The van der Waals surface area contributed by atoms with E-state index < -0.39 is 0 Å². The van der Waals surface area contributed by atoms with E-state index in [9.17, 15) is 0 Å². The van der Waals surface area contributed by atoms with E-state index in [-0.39, 0.29) is 0 Å². The normalized spacial score (nSPS) is 11.1. The summed E-state index contributed by atoms with van der Waals surface area (Å²) >= 11 is 0. The van der Waals surface area contributed by atoms with E-state index in [1.807, 2.05) is 78.9 Å². The standard InChI is InChI=1S/C21H14N4O/c1-2-6-16(7-3-1)21-24-20(25-26-21)15-12-10-14(11-13-15)19-22-17-8-4-5-9-18(17)23-19/h1-13H,(H,22,23). The summed E-state index contributed by atoms with van der Waals surface area (Å²) < 4.78 is 5.38. The molecule has 0 spiro atoms.